The van der Waals surface area contributed by atoms with Gasteiger partial charge in [-0.15, -0.1) is 11.3 Å². The van der Waals surface area contributed by atoms with Gasteiger partial charge in [0.25, 0.3) is 0 Å². The largest absolute Gasteiger partial charge is 0.313 e. The summed E-state index contributed by atoms with van der Waals surface area (Å²) < 4.78 is 0. The number of nitrogens with one attached hydrogen (secondary N) is 1. The van der Waals surface area contributed by atoms with Crippen molar-refractivity contribution in [2.24, 2.45) is 11.8 Å². The van der Waals surface area contributed by atoms with Gasteiger partial charge in [-0.05, 0) is 24.7 Å². The van der Waals surface area contributed by atoms with E-state index in [2.05, 4.69) is 15.7 Å². The molecule has 2 atom stereocenters. The predicted octanol–water partition coefficient (Wildman–Crippen LogP) is 4.41. The molecular formula is C17H28N2S. The van der Waals surface area contributed by atoms with Crippen molar-refractivity contribution in [2.75, 3.05) is 6.54 Å². The third-order valence-electron chi connectivity index (χ3n) is 5.35. The van der Waals surface area contributed by atoms with Gasteiger partial charge in [0.1, 0.15) is 0 Å². The molecule has 2 aliphatic carbocycles. The summed E-state index contributed by atoms with van der Waals surface area (Å²) in [6.45, 7) is 1.11. The first-order valence-corrected chi connectivity index (χ1v) is 9.48. The van der Waals surface area contributed by atoms with E-state index < -0.39 is 0 Å². The maximum absolute atomic E-state index is 4.39. The molecule has 112 valence electrons. The van der Waals surface area contributed by atoms with Crippen molar-refractivity contribution in [1.29, 1.82) is 0 Å². The number of nitrogens with zero attached hydrogens (tertiary/aromatic N) is 1. The molecule has 0 spiro atoms. The molecule has 2 aliphatic rings. The summed E-state index contributed by atoms with van der Waals surface area (Å²) in [5.74, 6) is 1.97. The normalized spacial score (nSPS) is 28.6. The number of hydrogen-bond donors (Lipinski definition) is 1. The molecule has 20 heavy (non-hydrogen) atoms. The van der Waals surface area contributed by atoms with Crippen LogP contribution >= 0.6 is 11.3 Å². The van der Waals surface area contributed by atoms with E-state index in [-0.39, 0.29) is 0 Å². The van der Waals surface area contributed by atoms with Crippen molar-refractivity contribution in [3.05, 3.63) is 16.6 Å². The molecule has 2 unspecified atom stereocenters. The second-order valence-electron chi connectivity index (χ2n) is 6.64. The van der Waals surface area contributed by atoms with Crippen LogP contribution in [0.25, 0.3) is 0 Å². The van der Waals surface area contributed by atoms with Crippen LogP contribution in [0.15, 0.2) is 10.9 Å². The Bertz CT molecular complexity index is 370. The maximum atomic E-state index is 4.39. The minimum absolute atomic E-state index is 0.783. The van der Waals surface area contributed by atoms with Gasteiger partial charge in [-0.1, -0.05) is 44.9 Å². The van der Waals surface area contributed by atoms with Crippen molar-refractivity contribution in [1.82, 2.24) is 10.3 Å². The second kappa shape index (κ2) is 7.56. The van der Waals surface area contributed by atoms with Gasteiger partial charge in [0.15, 0.2) is 0 Å². The van der Waals surface area contributed by atoms with Crippen molar-refractivity contribution in [2.45, 2.75) is 70.3 Å². The van der Waals surface area contributed by atoms with E-state index in [0.717, 1.165) is 30.8 Å². The summed E-state index contributed by atoms with van der Waals surface area (Å²) >= 11 is 1.71. The van der Waals surface area contributed by atoms with E-state index in [1.54, 1.807) is 11.3 Å². The molecule has 0 amide bonds. The fraction of sp³-hybridized carbons (Fsp3) is 0.824. The molecule has 3 rings (SSSR count). The predicted molar refractivity (Wildman–Crippen MR) is 86.1 cm³/mol. The molecule has 1 aromatic rings. The van der Waals surface area contributed by atoms with Gasteiger partial charge < -0.3 is 5.32 Å². The highest BCUT2D eigenvalue weighted by molar-refractivity contribution is 7.07. The summed E-state index contributed by atoms with van der Waals surface area (Å²) in [6.07, 6.45) is 14.3. The van der Waals surface area contributed by atoms with Crippen LogP contribution in [0.5, 0.6) is 0 Å². The summed E-state index contributed by atoms with van der Waals surface area (Å²) in [4.78, 5) is 4.39. The summed E-state index contributed by atoms with van der Waals surface area (Å²) in [5.41, 5.74) is 3.20. The highest BCUT2D eigenvalue weighted by atomic mass is 32.1. The van der Waals surface area contributed by atoms with Crippen LogP contribution in [0.1, 0.15) is 63.5 Å². The second-order valence-corrected chi connectivity index (χ2v) is 7.36. The van der Waals surface area contributed by atoms with Crippen LogP contribution in [-0.2, 0) is 6.42 Å². The van der Waals surface area contributed by atoms with Gasteiger partial charge in [0.05, 0.1) is 11.2 Å². The molecular weight excluding hydrogens is 264 g/mol. The molecule has 0 radical (unpaired) electrons. The van der Waals surface area contributed by atoms with Gasteiger partial charge in [0, 0.05) is 24.4 Å². The van der Waals surface area contributed by atoms with Crippen LogP contribution in [0, 0.1) is 11.8 Å². The monoisotopic (exact) mass is 292 g/mol. The topological polar surface area (TPSA) is 24.9 Å². The lowest BCUT2D eigenvalue weighted by Crippen LogP contribution is -2.43. The third kappa shape index (κ3) is 3.82. The average molecular weight is 292 g/mol. The molecule has 0 saturated heterocycles. The zero-order valence-corrected chi connectivity index (χ0v) is 13.3. The van der Waals surface area contributed by atoms with E-state index in [4.69, 9.17) is 0 Å². The van der Waals surface area contributed by atoms with E-state index in [0.29, 0.717) is 0 Å². The average Bonchev–Trinajstić information content (AvgIpc) is 3.02. The number of rotatable bonds is 5. The number of aromatic nitrogens is 1. The molecule has 2 nitrogen and oxygen atoms in total. The quantitative estimate of drug-likeness (QED) is 0.869. The molecule has 2 saturated carbocycles. The van der Waals surface area contributed by atoms with Crippen LogP contribution in [0.3, 0.4) is 0 Å². The number of hydrogen-bond acceptors (Lipinski definition) is 3. The van der Waals surface area contributed by atoms with Crippen molar-refractivity contribution >= 4 is 11.3 Å². The lowest BCUT2D eigenvalue weighted by atomic mass is 9.71. The first kappa shape index (κ1) is 14.5. The maximum Gasteiger partial charge on any atom is 0.0794 e. The first-order valence-electron chi connectivity index (χ1n) is 8.54. The minimum Gasteiger partial charge on any atom is -0.313 e. The Balaban J connectivity index is 1.49. The fourth-order valence-electron chi connectivity index (χ4n) is 4.29. The molecule has 3 heteroatoms. The first-order chi connectivity index (χ1) is 9.93. The number of thiazole rings is 1. The molecule has 2 fully saturated rings. The Morgan fingerprint density at radius 2 is 1.85 bits per heavy atom. The zero-order valence-electron chi connectivity index (χ0n) is 12.5. The molecule has 0 aromatic carbocycles. The summed E-state index contributed by atoms with van der Waals surface area (Å²) in [7, 11) is 0. The van der Waals surface area contributed by atoms with Crippen molar-refractivity contribution in [3.63, 3.8) is 0 Å². The Kier molecular flexibility index (Phi) is 5.49. The summed E-state index contributed by atoms with van der Waals surface area (Å²) in [5, 5.41) is 6.05. The van der Waals surface area contributed by atoms with E-state index in [1.807, 2.05) is 5.51 Å². The molecule has 1 aromatic heterocycles. The highest BCUT2D eigenvalue weighted by Crippen LogP contribution is 2.38. The minimum atomic E-state index is 0.783. The Hall–Kier alpha value is -0.410. The fourth-order valence-corrected chi connectivity index (χ4v) is 4.88. The Morgan fingerprint density at radius 1 is 1.05 bits per heavy atom. The van der Waals surface area contributed by atoms with Crippen molar-refractivity contribution in [3.8, 4) is 0 Å². The molecule has 1 heterocycles. The summed E-state index contributed by atoms with van der Waals surface area (Å²) in [6, 6.07) is 0.783. The third-order valence-corrected chi connectivity index (χ3v) is 5.98. The van der Waals surface area contributed by atoms with Crippen LogP contribution in [-0.4, -0.2) is 17.6 Å². The molecule has 0 bridgehead atoms. The lowest BCUT2D eigenvalue weighted by molar-refractivity contribution is 0.150. The molecule has 0 aliphatic heterocycles. The smallest absolute Gasteiger partial charge is 0.0794 e. The SMILES string of the molecule is c1nc(CCNC2CCCCC2C2CCCCC2)cs1. The van der Waals surface area contributed by atoms with Crippen LogP contribution < -0.4 is 5.32 Å². The van der Waals surface area contributed by atoms with E-state index in [9.17, 15) is 0 Å². The van der Waals surface area contributed by atoms with Gasteiger partial charge in [0.2, 0.25) is 0 Å². The van der Waals surface area contributed by atoms with E-state index in [1.165, 1.54) is 63.5 Å². The van der Waals surface area contributed by atoms with Crippen molar-refractivity contribution < 1.29 is 0 Å². The highest BCUT2D eigenvalue weighted by Gasteiger charge is 2.31. The Labute approximate surface area is 127 Å². The van der Waals surface area contributed by atoms with Gasteiger partial charge in [-0.25, -0.2) is 4.98 Å². The lowest BCUT2D eigenvalue weighted by Gasteiger charge is -2.39. The van der Waals surface area contributed by atoms with Crippen LogP contribution in [0.2, 0.25) is 0 Å². The zero-order chi connectivity index (χ0) is 13.6. The Morgan fingerprint density at radius 3 is 2.65 bits per heavy atom. The van der Waals surface area contributed by atoms with E-state index >= 15 is 0 Å². The molecule has 1 N–H and O–H groups in total. The van der Waals surface area contributed by atoms with Gasteiger partial charge in [-0.3, -0.25) is 0 Å². The van der Waals surface area contributed by atoms with Gasteiger partial charge in [-0.2, -0.15) is 0 Å². The standard InChI is InChI=1S/C17H28N2S/c1-2-6-14(7-3-1)16-8-4-5-9-17(16)18-11-10-15-12-20-13-19-15/h12-14,16-18H,1-11H2. The van der Waals surface area contributed by atoms with Crippen LogP contribution in [0.4, 0.5) is 0 Å². The van der Waals surface area contributed by atoms with Gasteiger partial charge >= 0.3 is 0 Å².